The second-order valence-electron chi connectivity index (χ2n) is 7.59. The highest BCUT2D eigenvalue weighted by molar-refractivity contribution is 8.18. The predicted octanol–water partition coefficient (Wildman–Crippen LogP) is 4.82. The molecule has 0 aromatic heterocycles. The van der Waals surface area contributed by atoms with E-state index in [0.717, 1.165) is 22.0 Å². The summed E-state index contributed by atoms with van der Waals surface area (Å²) < 4.78 is 5.24. The Morgan fingerprint density at radius 2 is 1.74 bits per heavy atom. The molecule has 6 nitrogen and oxygen atoms in total. The van der Waals surface area contributed by atoms with Crippen LogP contribution in [0, 0.1) is 0 Å². The van der Waals surface area contributed by atoms with Crippen LogP contribution < -0.4 is 9.64 Å². The van der Waals surface area contributed by atoms with E-state index in [2.05, 4.69) is 34.6 Å². The van der Waals surface area contributed by atoms with Crippen molar-refractivity contribution in [3.8, 4) is 5.75 Å². The Labute approximate surface area is 194 Å². The molecule has 0 saturated carbocycles. The maximum Gasteiger partial charge on any atom is 0.249 e. The number of methoxy groups -OCH3 is 1. The van der Waals surface area contributed by atoms with Gasteiger partial charge < -0.3 is 9.64 Å². The molecule has 0 radical (unpaired) electrons. The second kappa shape index (κ2) is 8.00. The summed E-state index contributed by atoms with van der Waals surface area (Å²) in [4.78, 5) is 16.4. The Bertz CT molecular complexity index is 1070. The molecule has 3 unspecified atom stereocenters. The zero-order valence-electron chi connectivity index (χ0n) is 17.2. The summed E-state index contributed by atoms with van der Waals surface area (Å²) in [6.07, 6.45) is 0. The number of ether oxygens (including phenoxy) is 1. The van der Waals surface area contributed by atoms with E-state index in [4.69, 9.17) is 21.4 Å². The van der Waals surface area contributed by atoms with Crippen LogP contribution in [-0.4, -0.2) is 47.6 Å². The van der Waals surface area contributed by atoms with Crippen LogP contribution in [0.4, 0.5) is 5.69 Å². The SMILES string of the molecule is COc1ccc(C2C(Cl)C(=O)N2C2=NN3C(=CSC3c3ccc(N(C)C)cc3)S2)cc1. The van der Waals surface area contributed by atoms with Gasteiger partial charge in [0.15, 0.2) is 5.17 Å². The van der Waals surface area contributed by atoms with E-state index in [1.807, 2.05) is 43.4 Å². The Hall–Kier alpha value is -2.29. The molecule has 0 spiro atoms. The van der Waals surface area contributed by atoms with Crippen LogP contribution in [0.15, 0.2) is 64.1 Å². The molecule has 0 bridgehead atoms. The molecule has 9 heteroatoms. The number of rotatable bonds is 4. The number of amidine groups is 1. The Balaban J connectivity index is 1.39. The number of halogens is 1. The number of nitrogens with zero attached hydrogens (tertiary/aromatic N) is 4. The average Bonchev–Trinajstić information content (AvgIpc) is 3.37. The highest BCUT2D eigenvalue weighted by Crippen LogP contribution is 2.52. The van der Waals surface area contributed by atoms with Gasteiger partial charge >= 0.3 is 0 Å². The third kappa shape index (κ3) is 3.46. The lowest BCUT2D eigenvalue weighted by molar-refractivity contribution is -0.138. The molecule has 3 aliphatic rings. The number of hydrazone groups is 1. The molecular weight excluding hydrogens is 452 g/mol. The lowest BCUT2D eigenvalue weighted by atomic mass is 9.94. The molecule has 160 valence electrons. The Morgan fingerprint density at radius 3 is 2.39 bits per heavy atom. The van der Waals surface area contributed by atoms with E-state index in [-0.39, 0.29) is 17.3 Å². The van der Waals surface area contributed by atoms with Crippen molar-refractivity contribution < 1.29 is 9.53 Å². The summed E-state index contributed by atoms with van der Waals surface area (Å²) >= 11 is 9.65. The molecule has 2 aromatic carbocycles. The fourth-order valence-corrected chi connectivity index (χ4v) is 6.36. The van der Waals surface area contributed by atoms with Gasteiger partial charge in [-0.05, 0) is 47.2 Å². The number of hydrogen-bond acceptors (Lipinski definition) is 7. The molecule has 5 rings (SSSR count). The highest BCUT2D eigenvalue weighted by atomic mass is 35.5. The van der Waals surface area contributed by atoms with Gasteiger partial charge in [0.25, 0.3) is 0 Å². The summed E-state index contributed by atoms with van der Waals surface area (Å²) in [5.74, 6) is 0.653. The molecule has 2 aromatic rings. The summed E-state index contributed by atoms with van der Waals surface area (Å²) in [6, 6.07) is 15.9. The molecule has 1 amide bonds. The second-order valence-corrected chi connectivity index (χ2v) is 10.00. The van der Waals surface area contributed by atoms with Gasteiger partial charge in [-0.2, -0.15) is 0 Å². The number of amides is 1. The largest absolute Gasteiger partial charge is 0.497 e. The molecule has 1 saturated heterocycles. The number of carbonyl (C=O) groups is 1. The normalized spacial score (nSPS) is 24.5. The Kier molecular flexibility index (Phi) is 5.32. The van der Waals surface area contributed by atoms with E-state index in [0.29, 0.717) is 5.17 Å². The first-order chi connectivity index (χ1) is 15.0. The number of β-lactam (4-membered cyclic amide) rings is 1. The zero-order valence-corrected chi connectivity index (χ0v) is 19.6. The van der Waals surface area contributed by atoms with Crippen molar-refractivity contribution in [2.24, 2.45) is 5.10 Å². The fraction of sp³-hybridized carbons (Fsp3) is 0.273. The number of hydrogen-bond donors (Lipinski definition) is 0. The molecule has 3 heterocycles. The van der Waals surface area contributed by atoms with Crippen molar-refractivity contribution in [2.75, 3.05) is 26.1 Å². The topological polar surface area (TPSA) is 48.4 Å². The first kappa shape index (κ1) is 20.6. The number of fused-ring (bicyclic) bond motifs is 1. The standard InChI is InChI=1S/C22H21ClN4O2S2/c1-25(2)15-8-4-14(5-9-15)21-27-17(12-30-21)31-22(24-27)26-19(18(23)20(26)28)13-6-10-16(29-3)11-7-13/h4-12,18-19,21H,1-3H3. The van der Waals surface area contributed by atoms with E-state index >= 15 is 0 Å². The van der Waals surface area contributed by atoms with E-state index in [1.165, 1.54) is 17.3 Å². The predicted molar refractivity (Wildman–Crippen MR) is 128 cm³/mol. The minimum atomic E-state index is -0.593. The number of carbonyl (C=O) groups excluding carboxylic acids is 1. The van der Waals surface area contributed by atoms with Crippen LogP contribution in [-0.2, 0) is 4.79 Å². The lowest BCUT2D eigenvalue weighted by Gasteiger charge is -2.43. The highest BCUT2D eigenvalue weighted by Gasteiger charge is 2.52. The number of benzene rings is 2. The molecule has 31 heavy (non-hydrogen) atoms. The van der Waals surface area contributed by atoms with Crippen LogP contribution in [0.1, 0.15) is 22.5 Å². The van der Waals surface area contributed by atoms with Crippen molar-refractivity contribution in [1.29, 1.82) is 0 Å². The van der Waals surface area contributed by atoms with Gasteiger partial charge in [0.2, 0.25) is 5.91 Å². The van der Waals surface area contributed by atoms with Crippen LogP contribution in [0.2, 0.25) is 0 Å². The molecule has 3 atom stereocenters. The average molecular weight is 473 g/mol. The number of alkyl halides is 1. The summed E-state index contributed by atoms with van der Waals surface area (Å²) in [5, 5.41) is 10.1. The van der Waals surface area contributed by atoms with Crippen molar-refractivity contribution >= 4 is 51.9 Å². The zero-order chi connectivity index (χ0) is 21.7. The van der Waals surface area contributed by atoms with E-state index in [9.17, 15) is 4.79 Å². The van der Waals surface area contributed by atoms with Crippen LogP contribution in [0.5, 0.6) is 5.75 Å². The molecule has 0 N–H and O–H groups in total. The van der Waals surface area contributed by atoms with E-state index < -0.39 is 5.38 Å². The third-order valence-corrected chi connectivity index (χ3v) is 8.16. The van der Waals surface area contributed by atoms with Gasteiger partial charge in [-0.3, -0.25) is 9.69 Å². The van der Waals surface area contributed by atoms with Crippen LogP contribution in [0.25, 0.3) is 0 Å². The fourth-order valence-electron chi connectivity index (χ4n) is 3.77. The lowest BCUT2D eigenvalue weighted by Crippen LogP contribution is -2.57. The van der Waals surface area contributed by atoms with Crippen molar-refractivity contribution in [3.63, 3.8) is 0 Å². The molecule has 1 fully saturated rings. The summed E-state index contributed by atoms with van der Waals surface area (Å²) in [7, 11) is 5.69. The van der Waals surface area contributed by atoms with E-state index in [1.54, 1.807) is 23.8 Å². The van der Waals surface area contributed by atoms with Gasteiger partial charge in [-0.15, -0.1) is 16.7 Å². The summed E-state index contributed by atoms with van der Waals surface area (Å²) in [6.45, 7) is 0. The first-order valence-corrected chi connectivity index (χ1v) is 12.0. The van der Waals surface area contributed by atoms with Crippen molar-refractivity contribution in [2.45, 2.75) is 16.8 Å². The van der Waals surface area contributed by atoms with Gasteiger partial charge in [0.05, 0.1) is 13.2 Å². The van der Waals surface area contributed by atoms with Crippen molar-refractivity contribution in [1.82, 2.24) is 9.91 Å². The molecule has 3 aliphatic heterocycles. The smallest absolute Gasteiger partial charge is 0.249 e. The minimum Gasteiger partial charge on any atom is -0.497 e. The maximum atomic E-state index is 12.7. The van der Waals surface area contributed by atoms with Crippen LogP contribution in [0.3, 0.4) is 0 Å². The van der Waals surface area contributed by atoms with Crippen molar-refractivity contribution in [3.05, 3.63) is 70.1 Å². The molecular formula is C22H21ClN4O2S2. The monoisotopic (exact) mass is 472 g/mol. The summed E-state index contributed by atoms with van der Waals surface area (Å²) in [5.41, 5.74) is 3.29. The quantitative estimate of drug-likeness (QED) is 0.470. The van der Waals surface area contributed by atoms with Crippen LogP contribution >= 0.6 is 35.1 Å². The van der Waals surface area contributed by atoms with Gasteiger partial charge in [0, 0.05) is 25.2 Å². The maximum absolute atomic E-state index is 12.7. The van der Waals surface area contributed by atoms with Gasteiger partial charge in [0.1, 0.15) is 21.5 Å². The molecule has 0 aliphatic carbocycles. The van der Waals surface area contributed by atoms with Gasteiger partial charge in [-0.25, -0.2) is 5.01 Å². The number of thioether (sulfide) groups is 2. The first-order valence-electron chi connectivity index (χ1n) is 9.77. The number of likely N-dealkylation sites (tertiary alicyclic amines) is 1. The third-order valence-electron chi connectivity index (χ3n) is 5.52. The Morgan fingerprint density at radius 1 is 1.06 bits per heavy atom. The number of anilines is 1. The minimum absolute atomic E-state index is 0.0545. The van der Waals surface area contributed by atoms with Gasteiger partial charge in [-0.1, -0.05) is 36.0 Å².